The van der Waals surface area contributed by atoms with E-state index < -0.39 is 17.5 Å². The monoisotopic (exact) mass is 497 g/mol. The number of aliphatic imine (C=N–C) groups is 1. The van der Waals surface area contributed by atoms with Crippen LogP contribution in [-0.2, 0) is 13.0 Å². The van der Waals surface area contributed by atoms with Crippen molar-refractivity contribution in [3.05, 3.63) is 94.5 Å². The second-order valence-electron chi connectivity index (χ2n) is 8.61. The maximum Gasteiger partial charge on any atom is 0.258 e. The van der Waals surface area contributed by atoms with Crippen LogP contribution < -0.4 is 10.6 Å². The van der Waals surface area contributed by atoms with Crippen LogP contribution in [0.15, 0.2) is 65.9 Å². The lowest BCUT2D eigenvalue weighted by Gasteiger charge is -2.29. The molecule has 1 heterocycles. The van der Waals surface area contributed by atoms with Gasteiger partial charge in [-0.15, -0.1) is 0 Å². The first kappa shape index (κ1) is 24.7. The summed E-state index contributed by atoms with van der Waals surface area (Å²) in [6, 6.07) is 12.2. The van der Waals surface area contributed by atoms with E-state index in [0.29, 0.717) is 23.4 Å². The molecule has 9 heteroatoms. The van der Waals surface area contributed by atoms with E-state index in [2.05, 4.69) is 25.6 Å². The molecule has 35 heavy (non-hydrogen) atoms. The number of rotatable bonds is 6. The van der Waals surface area contributed by atoms with Crippen LogP contribution in [0.5, 0.6) is 0 Å². The number of aromatic nitrogens is 2. The maximum absolute atomic E-state index is 13.6. The number of carbonyl (C=O) groups excluding carboxylic acids is 1. The summed E-state index contributed by atoms with van der Waals surface area (Å²) in [7, 11) is 0. The van der Waals surface area contributed by atoms with Gasteiger partial charge in [-0.25, -0.2) is 23.7 Å². The van der Waals surface area contributed by atoms with Gasteiger partial charge in [-0.1, -0.05) is 23.7 Å². The number of hydrogen-bond acceptors (Lipinski definition) is 4. The highest BCUT2D eigenvalue weighted by molar-refractivity contribution is 6.30. The lowest BCUT2D eigenvalue weighted by Crippen LogP contribution is -2.47. The van der Waals surface area contributed by atoms with Gasteiger partial charge in [-0.2, -0.15) is 0 Å². The van der Waals surface area contributed by atoms with Crippen LogP contribution in [0.25, 0.3) is 0 Å². The smallest absolute Gasteiger partial charge is 0.258 e. The van der Waals surface area contributed by atoms with Crippen LogP contribution in [-0.4, -0.2) is 27.9 Å². The van der Waals surface area contributed by atoms with Gasteiger partial charge in [-0.3, -0.25) is 10.1 Å². The molecule has 1 aliphatic carbocycles. The molecule has 1 fully saturated rings. The second kappa shape index (κ2) is 11.8. The highest BCUT2D eigenvalue weighted by Gasteiger charge is 2.23. The molecule has 0 bridgehead atoms. The minimum absolute atomic E-state index is 0.0106. The number of amides is 1. The third-order valence-electron chi connectivity index (χ3n) is 6.02. The van der Waals surface area contributed by atoms with Crippen molar-refractivity contribution in [1.82, 2.24) is 20.6 Å². The summed E-state index contributed by atoms with van der Waals surface area (Å²) in [5.41, 5.74) is 0.929. The Labute approximate surface area is 207 Å². The van der Waals surface area contributed by atoms with Crippen LogP contribution in [0, 0.1) is 17.6 Å². The standard InChI is InChI=1S/C26H26ClF2N5O/c27-20-7-2-18(3-8-20)16-32-26(34-25(35)19-6-11-22(28)23(29)15-19)33-21-9-4-17(5-10-21)14-24-30-12-1-13-31-24/h1-3,6-8,11-13,15,17,21H,4-5,9-10,14,16H2,(H2,32,33,34,35). The number of halogens is 3. The Bertz CT molecular complexity index is 1170. The van der Waals surface area contributed by atoms with Gasteiger partial charge in [0.1, 0.15) is 5.82 Å². The first-order chi connectivity index (χ1) is 17.0. The van der Waals surface area contributed by atoms with Gasteiger partial charge in [0.05, 0.1) is 6.54 Å². The Balaban J connectivity index is 1.41. The van der Waals surface area contributed by atoms with Crippen molar-refractivity contribution in [3.63, 3.8) is 0 Å². The number of nitrogens with zero attached hydrogens (tertiary/aromatic N) is 3. The Kier molecular flexibility index (Phi) is 8.36. The minimum atomic E-state index is -1.08. The van der Waals surface area contributed by atoms with Crippen molar-refractivity contribution in [3.8, 4) is 0 Å². The fraction of sp³-hybridized carbons (Fsp3) is 0.308. The van der Waals surface area contributed by atoms with Gasteiger partial charge >= 0.3 is 0 Å². The van der Waals surface area contributed by atoms with Crippen LogP contribution in [0.4, 0.5) is 8.78 Å². The molecule has 0 spiro atoms. The van der Waals surface area contributed by atoms with Crippen LogP contribution in [0.3, 0.4) is 0 Å². The SMILES string of the molecule is O=C(NC(=NCc1ccc(Cl)cc1)NC1CCC(Cc2ncccn2)CC1)c1ccc(F)c(F)c1. The quantitative estimate of drug-likeness (QED) is 0.367. The van der Waals surface area contributed by atoms with Gasteiger partial charge in [0.2, 0.25) is 0 Å². The predicted octanol–water partition coefficient (Wildman–Crippen LogP) is 5.09. The number of nitrogens with one attached hydrogen (secondary N) is 2. The summed E-state index contributed by atoms with van der Waals surface area (Å²) < 4.78 is 26.9. The summed E-state index contributed by atoms with van der Waals surface area (Å²) in [5.74, 6) is -1.000. The summed E-state index contributed by atoms with van der Waals surface area (Å²) in [4.78, 5) is 25.9. The largest absolute Gasteiger partial charge is 0.353 e. The fourth-order valence-corrected chi connectivity index (χ4v) is 4.22. The average molecular weight is 498 g/mol. The Morgan fingerprint density at radius 2 is 1.71 bits per heavy atom. The van der Waals surface area contributed by atoms with Gasteiger partial charge in [0.15, 0.2) is 17.6 Å². The van der Waals surface area contributed by atoms with Gasteiger partial charge in [0.25, 0.3) is 5.91 Å². The molecule has 182 valence electrons. The Morgan fingerprint density at radius 1 is 1.00 bits per heavy atom. The van der Waals surface area contributed by atoms with Crippen LogP contribution >= 0.6 is 11.6 Å². The predicted molar refractivity (Wildman–Crippen MR) is 131 cm³/mol. The lowest BCUT2D eigenvalue weighted by molar-refractivity contribution is 0.0974. The lowest BCUT2D eigenvalue weighted by atomic mass is 9.84. The zero-order valence-electron chi connectivity index (χ0n) is 19.1. The normalized spacial score (nSPS) is 18.2. The average Bonchev–Trinajstić information content (AvgIpc) is 2.87. The Morgan fingerprint density at radius 3 is 2.40 bits per heavy atom. The fourth-order valence-electron chi connectivity index (χ4n) is 4.10. The first-order valence-corrected chi connectivity index (χ1v) is 11.9. The van der Waals surface area contributed by atoms with E-state index >= 15 is 0 Å². The zero-order valence-corrected chi connectivity index (χ0v) is 19.8. The van der Waals surface area contributed by atoms with E-state index in [4.69, 9.17) is 11.6 Å². The molecule has 0 atom stereocenters. The van der Waals surface area contributed by atoms with E-state index in [0.717, 1.165) is 55.6 Å². The summed E-state index contributed by atoms with van der Waals surface area (Å²) in [6.07, 6.45) is 8.16. The highest BCUT2D eigenvalue weighted by Crippen LogP contribution is 2.26. The molecule has 0 saturated heterocycles. The molecule has 2 aromatic carbocycles. The third-order valence-corrected chi connectivity index (χ3v) is 6.28. The van der Waals surface area contributed by atoms with Crippen molar-refractivity contribution in [1.29, 1.82) is 0 Å². The number of hydrogen-bond donors (Lipinski definition) is 2. The number of guanidine groups is 1. The molecular formula is C26H26ClF2N5O. The zero-order chi connectivity index (χ0) is 24.6. The van der Waals surface area contributed by atoms with Crippen LogP contribution in [0.2, 0.25) is 5.02 Å². The molecule has 1 amide bonds. The van der Waals surface area contributed by atoms with E-state index in [1.54, 1.807) is 24.5 Å². The summed E-state index contributed by atoms with van der Waals surface area (Å²) in [6.45, 7) is 0.318. The summed E-state index contributed by atoms with van der Waals surface area (Å²) >= 11 is 5.96. The van der Waals surface area contributed by atoms with Gasteiger partial charge < -0.3 is 5.32 Å². The van der Waals surface area contributed by atoms with E-state index in [1.807, 2.05) is 18.2 Å². The molecule has 1 saturated carbocycles. The maximum atomic E-state index is 13.6. The van der Waals surface area contributed by atoms with Gasteiger partial charge in [0, 0.05) is 35.4 Å². The molecule has 2 N–H and O–H groups in total. The van der Waals surface area contributed by atoms with Crippen molar-refractivity contribution in [2.75, 3.05) is 0 Å². The van der Waals surface area contributed by atoms with E-state index in [9.17, 15) is 13.6 Å². The molecular weight excluding hydrogens is 472 g/mol. The molecule has 3 aromatic rings. The van der Waals surface area contributed by atoms with Gasteiger partial charge in [-0.05, 0) is 73.6 Å². The summed E-state index contributed by atoms with van der Waals surface area (Å²) in [5, 5.41) is 6.69. The van der Waals surface area contributed by atoms with E-state index in [1.165, 1.54) is 6.07 Å². The molecule has 6 nitrogen and oxygen atoms in total. The molecule has 1 aliphatic rings. The Hall–Kier alpha value is -3.39. The number of benzene rings is 2. The van der Waals surface area contributed by atoms with Crippen molar-refractivity contribution in [2.24, 2.45) is 10.9 Å². The molecule has 4 rings (SSSR count). The third kappa shape index (κ3) is 7.29. The molecule has 0 radical (unpaired) electrons. The van der Waals surface area contributed by atoms with Crippen molar-refractivity contribution >= 4 is 23.5 Å². The highest BCUT2D eigenvalue weighted by atomic mass is 35.5. The topological polar surface area (TPSA) is 79.3 Å². The van der Waals surface area contributed by atoms with E-state index in [-0.39, 0.29) is 11.6 Å². The van der Waals surface area contributed by atoms with Crippen molar-refractivity contribution in [2.45, 2.75) is 44.7 Å². The molecule has 0 unspecified atom stereocenters. The van der Waals surface area contributed by atoms with Crippen molar-refractivity contribution < 1.29 is 13.6 Å². The van der Waals surface area contributed by atoms with Crippen LogP contribution in [0.1, 0.15) is 47.4 Å². The minimum Gasteiger partial charge on any atom is -0.353 e. The first-order valence-electron chi connectivity index (χ1n) is 11.5. The number of carbonyl (C=O) groups is 1. The second-order valence-corrected chi connectivity index (χ2v) is 9.04. The molecule has 1 aromatic heterocycles. The molecule has 0 aliphatic heterocycles.